The van der Waals surface area contributed by atoms with Crippen molar-refractivity contribution in [3.05, 3.63) is 29.8 Å². The molecule has 0 aliphatic carbocycles. The van der Waals surface area contributed by atoms with Crippen molar-refractivity contribution < 1.29 is 9.53 Å². The smallest absolute Gasteiger partial charge is 0.229 e. The molecule has 0 radical (unpaired) electrons. The quantitative estimate of drug-likeness (QED) is 0.898. The van der Waals surface area contributed by atoms with E-state index in [1.54, 1.807) is 0 Å². The van der Waals surface area contributed by atoms with Gasteiger partial charge in [-0.25, -0.2) is 0 Å². The standard InChI is InChI=1S/C16H24N2O2/c1-4-20-11-13-6-5-7-14(10-13)17-16(19)15-8-9-18(3)12(15)2/h5-7,10,12,15H,4,8-9,11H2,1-3H3,(H,17,19). The van der Waals surface area contributed by atoms with Gasteiger partial charge in [-0.1, -0.05) is 12.1 Å². The molecule has 1 saturated heterocycles. The van der Waals surface area contributed by atoms with Crippen molar-refractivity contribution in [2.75, 3.05) is 25.5 Å². The predicted molar refractivity (Wildman–Crippen MR) is 80.6 cm³/mol. The van der Waals surface area contributed by atoms with E-state index in [1.165, 1.54) is 0 Å². The Labute approximate surface area is 121 Å². The van der Waals surface area contributed by atoms with Gasteiger partial charge in [-0.3, -0.25) is 4.79 Å². The first-order valence-corrected chi connectivity index (χ1v) is 7.29. The Balaban J connectivity index is 1.97. The molecule has 20 heavy (non-hydrogen) atoms. The van der Waals surface area contributed by atoms with Gasteiger partial charge in [-0.2, -0.15) is 0 Å². The minimum atomic E-state index is 0.0792. The van der Waals surface area contributed by atoms with E-state index >= 15 is 0 Å². The summed E-state index contributed by atoms with van der Waals surface area (Å²) in [5.41, 5.74) is 1.94. The average molecular weight is 276 g/mol. The minimum Gasteiger partial charge on any atom is -0.377 e. The molecule has 1 fully saturated rings. The summed E-state index contributed by atoms with van der Waals surface area (Å²) in [5.74, 6) is 0.200. The van der Waals surface area contributed by atoms with Gasteiger partial charge in [0.15, 0.2) is 0 Å². The van der Waals surface area contributed by atoms with E-state index in [0.717, 1.165) is 24.2 Å². The van der Waals surface area contributed by atoms with Crippen LogP contribution in [0.5, 0.6) is 0 Å². The summed E-state index contributed by atoms with van der Waals surface area (Å²) in [7, 11) is 2.07. The summed E-state index contributed by atoms with van der Waals surface area (Å²) in [6, 6.07) is 8.18. The van der Waals surface area contributed by atoms with E-state index in [-0.39, 0.29) is 11.8 Å². The van der Waals surface area contributed by atoms with Crippen LogP contribution in [-0.4, -0.2) is 37.0 Å². The Hall–Kier alpha value is -1.39. The zero-order valence-electron chi connectivity index (χ0n) is 12.6. The molecule has 1 aliphatic rings. The fourth-order valence-electron chi connectivity index (χ4n) is 2.64. The maximum atomic E-state index is 12.3. The van der Waals surface area contributed by atoms with Crippen molar-refractivity contribution in [2.45, 2.75) is 32.9 Å². The normalized spacial score (nSPS) is 22.9. The molecular weight excluding hydrogens is 252 g/mol. The van der Waals surface area contributed by atoms with Crippen LogP contribution in [0.15, 0.2) is 24.3 Å². The lowest BCUT2D eigenvalue weighted by molar-refractivity contribution is -0.120. The van der Waals surface area contributed by atoms with Crippen molar-refractivity contribution >= 4 is 11.6 Å². The van der Waals surface area contributed by atoms with Crippen molar-refractivity contribution in [1.82, 2.24) is 4.90 Å². The number of nitrogens with zero attached hydrogens (tertiary/aromatic N) is 1. The first kappa shape index (κ1) is 15.0. The lowest BCUT2D eigenvalue weighted by Gasteiger charge is -2.20. The molecule has 0 spiro atoms. The maximum Gasteiger partial charge on any atom is 0.229 e. The van der Waals surface area contributed by atoms with Gasteiger partial charge in [-0.15, -0.1) is 0 Å². The van der Waals surface area contributed by atoms with Crippen LogP contribution in [0.4, 0.5) is 5.69 Å². The van der Waals surface area contributed by atoms with Crippen LogP contribution in [0.1, 0.15) is 25.8 Å². The summed E-state index contributed by atoms with van der Waals surface area (Å²) in [6.07, 6.45) is 0.933. The second-order valence-corrected chi connectivity index (χ2v) is 5.44. The number of hydrogen-bond donors (Lipinski definition) is 1. The highest BCUT2D eigenvalue weighted by molar-refractivity contribution is 5.93. The van der Waals surface area contributed by atoms with Crippen molar-refractivity contribution in [1.29, 1.82) is 0 Å². The van der Waals surface area contributed by atoms with Gasteiger partial charge in [-0.05, 0) is 51.6 Å². The van der Waals surface area contributed by atoms with Crippen LogP contribution in [0, 0.1) is 5.92 Å². The topological polar surface area (TPSA) is 41.6 Å². The monoisotopic (exact) mass is 276 g/mol. The fourth-order valence-corrected chi connectivity index (χ4v) is 2.64. The largest absolute Gasteiger partial charge is 0.377 e. The number of carbonyl (C=O) groups excluding carboxylic acids is 1. The van der Waals surface area contributed by atoms with Gasteiger partial charge in [0.1, 0.15) is 0 Å². The summed E-state index contributed by atoms with van der Waals surface area (Å²) in [6.45, 7) is 6.36. The van der Waals surface area contributed by atoms with E-state index in [4.69, 9.17) is 4.74 Å². The van der Waals surface area contributed by atoms with Crippen LogP contribution in [0.2, 0.25) is 0 Å². The number of rotatable bonds is 5. The van der Waals surface area contributed by atoms with Crippen molar-refractivity contribution in [2.24, 2.45) is 5.92 Å². The van der Waals surface area contributed by atoms with E-state index < -0.39 is 0 Å². The lowest BCUT2D eigenvalue weighted by atomic mass is 10.0. The van der Waals surface area contributed by atoms with Crippen LogP contribution in [-0.2, 0) is 16.1 Å². The maximum absolute atomic E-state index is 12.3. The van der Waals surface area contributed by atoms with Crippen LogP contribution in [0.3, 0.4) is 0 Å². The molecule has 4 heteroatoms. The van der Waals surface area contributed by atoms with Gasteiger partial charge in [0.25, 0.3) is 0 Å². The van der Waals surface area contributed by atoms with E-state index in [1.807, 2.05) is 31.2 Å². The molecule has 110 valence electrons. The predicted octanol–water partition coefficient (Wildman–Crippen LogP) is 2.50. The van der Waals surface area contributed by atoms with E-state index in [9.17, 15) is 4.79 Å². The average Bonchev–Trinajstić information content (AvgIpc) is 2.77. The molecule has 0 saturated carbocycles. The second-order valence-electron chi connectivity index (χ2n) is 5.44. The zero-order valence-corrected chi connectivity index (χ0v) is 12.6. The van der Waals surface area contributed by atoms with E-state index in [0.29, 0.717) is 19.3 Å². The molecule has 2 rings (SSSR count). The van der Waals surface area contributed by atoms with Gasteiger partial charge in [0.2, 0.25) is 5.91 Å². The number of amides is 1. The lowest BCUT2D eigenvalue weighted by Crippen LogP contribution is -2.33. The highest BCUT2D eigenvalue weighted by atomic mass is 16.5. The molecule has 1 aliphatic heterocycles. The number of hydrogen-bond acceptors (Lipinski definition) is 3. The number of anilines is 1. The molecule has 1 aromatic carbocycles. The third-order valence-corrected chi connectivity index (χ3v) is 4.07. The fraction of sp³-hybridized carbons (Fsp3) is 0.562. The molecule has 1 amide bonds. The number of nitrogens with one attached hydrogen (secondary N) is 1. The number of likely N-dealkylation sites (tertiary alicyclic amines) is 1. The Morgan fingerprint density at radius 1 is 1.50 bits per heavy atom. The highest BCUT2D eigenvalue weighted by Gasteiger charge is 2.33. The third kappa shape index (κ3) is 3.58. The van der Waals surface area contributed by atoms with E-state index in [2.05, 4.69) is 24.2 Å². The number of carbonyl (C=O) groups is 1. The molecular formula is C16H24N2O2. The molecule has 1 N–H and O–H groups in total. The minimum absolute atomic E-state index is 0.0792. The molecule has 0 aromatic heterocycles. The molecule has 4 nitrogen and oxygen atoms in total. The number of benzene rings is 1. The molecule has 2 unspecified atom stereocenters. The second kappa shape index (κ2) is 6.86. The molecule has 1 heterocycles. The Morgan fingerprint density at radius 2 is 2.30 bits per heavy atom. The Kier molecular flexibility index (Phi) is 5.15. The molecule has 1 aromatic rings. The van der Waals surface area contributed by atoms with Crippen LogP contribution in [0.25, 0.3) is 0 Å². The third-order valence-electron chi connectivity index (χ3n) is 4.07. The van der Waals surface area contributed by atoms with Gasteiger partial charge in [0, 0.05) is 18.3 Å². The summed E-state index contributed by atoms with van der Waals surface area (Å²) >= 11 is 0. The number of ether oxygens (including phenoxy) is 1. The van der Waals surface area contributed by atoms with Gasteiger partial charge in [0.05, 0.1) is 12.5 Å². The highest BCUT2D eigenvalue weighted by Crippen LogP contribution is 2.24. The van der Waals surface area contributed by atoms with Crippen LogP contribution >= 0.6 is 0 Å². The first-order chi connectivity index (χ1) is 9.61. The SMILES string of the molecule is CCOCc1cccc(NC(=O)C2CCN(C)C2C)c1. The van der Waals surface area contributed by atoms with Crippen LogP contribution < -0.4 is 5.32 Å². The molecule has 0 bridgehead atoms. The first-order valence-electron chi connectivity index (χ1n) is 7.29. The van der Waals surface area contributed by atoms with Gasteiger partial charge < -0.3 is 15.0 Å². The zero-order chi connectivity index (χ0) is 14.5. The van der Waals surface area contributed by atoms with Gasteiger partial charge >= 0.3 is 0 Å². The summed E-state index contributed by atoms with van der Waals surface area (Å²) in [4.78, 5) is 14.6. The Morgan fingerprint density at radius 3 is 2.95 bits per heavy atom. The van der Waals surface area contributed by atoms with Crippen molar-refractivity contribution in [3.8, 4) is 0 Å². The summed E-state index contributed by atoms with van der Waals surface area (Å²) in [5, 5.41) is 3.03. The molecule has 2 atom stereocenters. The van der Waals surface area contributed by atoms with Crippen molar-refractivity contribution in [3.63, 3.8) is 0 Å². The summed E-state index contributed by atoms with van der Waals surface area (Å²) < 4.78 is 5.39. The Bertz CT molecular complexity index is 462.